The molecule has 0 aliphatic carbocycles. The highest BCUT2D eigenvalue weighted by Crippen LogP contribution is 2.31. The first-order chi connectivity index (χ1) is 9.89. The second-order valence-corrected chi connectivity index (χ2v) is 7.03. The van der Waals surface area contributed by atoms with Crippen molar-refractivity contribution in [1.82, 2.24) is 0 Å². The zero-order chi connectivity index (χ0) is 15.5. The number of rotatable bonds is 4. The number of hydrogen-bond acceptors (Lipinski definition) is 1. The predicted molar refractivity (Wildman–Crippen MR) is 89.8 cm³/mol. The van der Waals surface area contributed by atoms with E-state index in [1.807, 2.05) is 24.3 Å². The fraction of sp³-hybridized carbons (Fsp3) is 0.350. The summed E-state index contributed by atoms with van der Waals surface area (Å²) in [6.07, 6.45) is 2.06. The van der Waals surface area contributed by atoms with Gasteiger partial charge < -0.3 is 0 Å². The molecular weight excluding hydrogens is 256 g/mol. The summed E-state index contributed by atoms with van der Waals surface area (Å²) in [5.74, 6) is 0.566. The molecule has 0 N–H and O–H groups in total. The van der Waals surface area contributed by atoms with Gasteiger partial charge in [-0.05, 0) is 34.4 Å². The van der Waals surface area contributed by atoms with Crippen LogP contribution in [0.15, 0.2) is 48.5 Å². The molecule has 0 saturated carbocycles. The lowest BCUT2D eigenvalue weighted by Gasteiger charge is -2.23. The molecule has 1 unspecified atom stereocenters. The van der Waals surface area contributed by atoms with Crippen molar-refractivity contribution in [2.75, 3.05) is 0 Å². The maximum absolute atomic E-state index is 10.7. The summed E-state index contributed by atoms with van der Waals surface area (Å²) in [7, 11) is 0. The Hall–Kier alpha value is -1.89. The van der Waals surface area contributed by atoms with Gasteiger partial charge in [-0.2, -0.15) is 0 Å². The van der Waals surface area contributed by atoms with E-state index in [1.54, 1.807) is 0 Å². The lowest BCUT2D eigenvalue weighted by Crippen LogP contribution is -2.09. The normalized spacial score (nSPS) is 13.0. The minimum Gasteiger partial charge on any atom is -0.298 e. The zero-order valence-corrected chi connectivity index (χ0v) is 13.4. The van der Waals surface area contributed by atoms with Crippen LogP contribution in [0, 0.1) is 5.41 Å². The van der Waals surface area contributed by atoms with Gasteiger partial charge in [-0.1, -0.05) is 76.2 Å². The Balaban J connectivity index is 2.16. The Morgan fingerprint density at radius 3 is 1.81 bits per heavy atom. The van der Waals surface area contributed by atoms with Crippen LogP contribution >= 0.6 is 0 Å². The van der Waals surface area contributed by atoms with E-state index in [2.05, 4.69) is 52.0 Å². The molecule has 0 fully saturated rings. The molecule has 1 atom stereocenters. The molecule has 1 nitrogen and oxygen atoms in total. The molecular formula is C20H24O. The molecule has 0 heterocycles. The van der Waals surface area contributed by atoms with Crippen LogP contribution in [0.4, 0.5) is 0 Å². The number of carbonyl (C=O) groups is 1. The Kier molecular flexibility index (Phi) is 4.62. The largest absolute Gasteiger partial charge is 0.298 e. The monoisotopic (exact) mass is 280 g/mol. The summed E-state index contributed by atoms with van der Waals surface area (Å²) in [4.78, 5) is 10.7. The first kappa shape index (κ1) is 15.5. The van der Waals surface area contributed by atoms with Crippen molar-refractivity contribution >= 4 is 6.29 Å². The van der Waals surface area contributed by atoms with Crippen molar-refractivity contribution in [1.29, 1.82) is 0 Å². The molecule has 0 saturated heterocycles. The van der Waals surface area contributed by atoms with Crippen LogP contribution < -0.4 is 0 Å². The van der Waals surface area contributed by atoms with Crippen molar-refractivity contribution in [3.63, 3.8) is 0 Å². The van der Waals surface area contributed by atoms with Crippen LogP contribution in [0.1, 0.15) is 56.0 Å². The van der Waals surface area contributed by atoms with E-state index < -0.39 is 0 Å². The molecule has 0 radical (unpaired) electrons. The molecule has 0 aliphatic heterocycles. The summed E-state index contributed by atoms with van der Waals surface area (Å²) in [6.45, 7) is 9.14. The van der Waals surface area contributed by atoms with Crippen molar-refractivity contribution < 1.29 is 4.79 Å². The van der Waals surface area contributed by atoms with E-state index in [9.17, 15) is 4.79 Å². The van der Waals surface area contributed by atoms with E-state index in [-0.39, 0.29) is 0 Å². The summed E-state index contributed by atoms with van der Waals surface area (Å²) < 4.78 is 0. The summed E-state index contributed by atoms with van der Waals surface area (Å²) in [5, 5.41) is 0. The van der Waals surface area contributed by atoms with Gasteiger partial charge >= 0.3 is 0 Å². The average molecular weight is 280 g/mol. The summed E-state index contributed by atoms with van der Waals surface area (Å²) in [5.41, 5.74) is 4.80. The molecule has 0 bridgehead atoms. The molecule has 21 heavy (non-hydrogen) atoms. The van der Waals surface area contributed by atoms with Crippen LogP contribution in [0.25, 0.3) is 11.1 Å². The second-order valence-electron chi connectivity index (χ2n) is 7.03. The second kappa shape index (κ2) is 6.26. The molecule has 2 aromatic carbocycles. The first-order valence-corrected chi connectivity index (χ1v) is 7.54. The third kappa shape index (κ3) is 4.29. The average Bonchev–Trinajstić information content (AvgIpc) is 2.46. The Labute approximate surface area is 128 Å². The third-order valence-corrected chi connectivity index (χ3v) is 3.78. The summed E-state index contributed by atoms with van der Waals surface area (Å²) in [6, 6.07) is 16.5. The molecule has 0 aliphatic rings. The van der Waals surface area contributed by atoms with E-state index >= 15 is 0 Å². The standard InChI is InChI=1S/C20H24O/c1-15(13-20(2,3)4)17-9-11-19(12-10-17)18-7-5-16(14-21)6-8-18/h5-12,14-15H,13H2,1-4H3. The fourth-order valence-corrected chi connectivity index (χ4v) is 2.79. The summed E-state index contributed by atoms with van der Waals surface area (Å²) >= 11 is 0. The van der Waals surface area contributed by atoms with Gasteiger partial charge in [0.15, 0.2) is 0 Å². The maximum Gasteiger partial charge on any atom is 0.150 e. The lowest BCUT2D eigenvalue weighted by atomic mass is 9.82. The Morgan fingerprint density at radius 2 is 1.38 bits per heavy atom. The molecule has 0 amide bonds. The van der Waals surface area contributed by atoms with Gasteiger partial charge in [0.05, 0.1) is 0 Å². The first-order valence-electron chi connectivity index (χ1n) is 7.54. The SMILES string of the molecule is CC(CC(C)(C)C)c1ccc(-c2ccc(C=O)cc2)cc1. The number of benzene rings is 2. The Bertz CT molecular complexity index is 585. The fourth-order valence-electron chi connectivity index (χ4n) is 2.79. The van der Waals surface area contributed by atoms with Crippen molar-refractivity contribution in [2.24, 2.45) is 5.41 Å². The highest BCUT2D eigenvalue weighted by molar-refractivity contribution is 5.76. The molecule has 1 heteroatoms. The molecule has 0 spiro atoms. The van der Waals surface area contributed by atoms with Crippen LogP contribution in [0.5, 0.6) is 0 Å². The number of hydrogen-bond donors (Lipinski definition) is 0. The smallest absolute Gasteiger partial charge is 0.150 e. The molecule has 2 aromatic rings. The van der Waals surface area contributed by atoms with Crippen LogP contribution in [0.2, 0.25) is 0 Å². The van der Waals surface area contributed by atoms with Crippen LogP contribution in [0.3, 0.4) is 0 Å². The molecule has 110 valence electrons. The predicted octanol–water partition coefficient (Wildman–Crippen LogP) is 5.71. The van der Waals surface area contributed by atoms with Crippen molar-refractivity contribution in [2.45, 2.75) is 40.0 Å². The minimum absolute atomic E-state index is 0.350. The maximum atomic E-state index is 10.7. The highest BCUT2D eigenvalue weighted by Gasteiger charge is 2.16. The van der Waals surface area contributed by atoms with Gasteiger partial charge in [0.25, 0.3) is 0 Å². The van der Waals surface area contributed by atoms with Gasteiger partial charge in [0.2, 0.25) is 0 Å². The van der Waals surface area contributed by atoms with E-state index in [4.69, 9.17) is 0 Å². The van der Waals surface area contributed by atoms with Crippen molar-refractivity contribution in [3.8, 4) is 11.1 Å². The molecule has 2 rings (SSSR count). The highest BCUT2D eigenvalue weighted by atomic mass is 16.1. The number of aldehydes is 1. The van der Waals surface area contributed by atoms with E-state index in [0.717, 1.165) is 11.8 Å². The number of carbonyl (C=O) groups excluding carboxylic acids is 1. The van der Waals surface area contributed by atoms with Gasteiger partial charge in [0.1, 0.15) is 6.29 Å². The Morgan fingerprint density at radius 1 is 0.905 bits per heavy atom. The quantitative estimate of drug-likeness (QED) is 0.656. The van der Waals surface area contributed by atoms with Gasteiger partial charge in [-0.15, -0.1) is 0 Å². The van der Waals surface area contributed by atoms with Gasteiger partial charge in [0, 0.05) is 5.56 Å². The lowest BCUT2D eigenvalue weighted by molar-refractivity contribution is 0.112. The van der Waals surface area contributed by atoms with Gasteiger partial charge in [-0.25, -0.2) is 0 Å². The zero-order valence-electron chi connectivity index (χ0n) is 13.4. The van der Waals surface area contributed by atoms with E-state index in [0.29, 0.717) is 16.9 Å². The van der Waals surface area contributed by atoms with E-state index in [1.165, 1.54) is 17.5 Å². The van der Waals surface area contributed by atoms with Crippen molar-refractivity contribution in [3.05, 3.63) is 59.7 Å². The topological polar surface area (TPSA) is 17.1 Å². The molecule has 0 aromatic heterocycles. The third-order valence-electron chi connectivity index (χ3n) is 3.78. The van der Waals surface area contributed by atoms with Crippen LogP contribution in [-0.2, 0) is 0 Å². The minimum atomic E-state index is 0.350. The van der Waals surface area contributed by atoms with Crippen LogP contribution in [-0.4, -0.2) is 6.29 Å². The van der Waals surface area contributed by atoms with Gasteiger partial charge in [-0.3, -0.25) is 4.79 Å².